The highest BCUT2D eigenvalue weighted by Crippen LogP contribution is 2.28. The second kappa shape index (κ2) is 3.68. The van der Waals surface area contributed by atoms with Crippen molar-refractivity contribution in [3.8, 4) is 0 Å². The van der Waals surface area contributed by atoms with Gasteiger partial charge in [-0.15, -0.1) is 5.10 Å². The monoisotopic (exact) mass is 239 g/mol. The fourth-order valence-corrected chi connectivity index (χ4v) is 1.98. The lowest BCUT2D eigenvalue weighted by Gasteiger charge is -2.02. The van der Waals surface area contributed by atoms with E-state index in [1.807, 2.05) is 6.92 Å². The average Bonchev–Trinajstić information content (AvgIpc) is 2.55. The number of carbonyl (C=O) groups is 1. The van der Waals surface area contributed by atoms with Crippen molar-refractivity contribution in [2.45, 2.75) is 13.3 Å². The number of aromatic nitrogens is 2. The Hall–Kier alpha value is -1.75. The normalized spacial score (nSPS) is 10.9. The molecular weight excluding hydrogens is 230 g/mol. The Balaban J connectivity index is 2.90. The van der Waals surface area contributed by atoms with E-state index in [0.29, 0.717) is 22.3 Å². The number of anilines is 1. The molecule has 0 bridgehead atoms. The van der Waals surface area contributed by atoms with Gasteiger partial charge in [-0.1, -0.05) is 18.5 Å². The lowest BCUT2D eigenvalue weighted by molar-refractivity contribution is 0.194. The third-order valence-electron chi connectivity index (χ3n) is 2.42. The van der Waals surface area contributed by atoms with Crippen LogP contribution in [0.5, 0.6) is 0 Å². The van der Waals surface area contributed by atoms with Gasteiger partial charge in [0.15, 0.2) is 5.82 Å². The summed E-state index contributed by atoms with van der Waals surface area (Å²) in [6.45, 7) is 1.95. The first-order valence-electron chi connectivity index (χ1n) is 4.74. The second-order valence-electron chi connectivity index (χ2n) is 3.39. The summed E-state index contributed by atoms with van der Waals surface area (Å²) < 4.78 is 0.843. The quantitative estimate of drug-likeness (QED) is 0.800. The molecule has 3 N–H and O–H groups in total. The molecule has 0 aliphatic heterocycles. The molecule has 16 heavy (non-hydrogen) atoms. The van der Waals surface area contributed by atoms with Crippen LogP contribution in [0.25, 0.3) is 10.9 Å². The highest BCUT2D eigenvalue weighted by Gasteiger charge is 2.16. The van der Waals surface area contributed by atoms with Crippen LogP contribution in [0.4, 0.5) is 10.6 Å². The van der Waals surface area contributed by atoms with Crippen LogP contribution in [0.15, 0.2) is 12.1 Å². The van der Waals surface area contributed by atoms with Gasteiger partial charge < -0.3 is 10.8 Å². The highest BCUT2D eigenvalue weighted by molar-refractivity contribution is 6.31. The number of rotatable bonds is 1. The molecule has 2 aromatic rings. The van der Waals surface area contributed by atoms with Gasteiger partial charge in [-0.25, -0.2) is 4.79 Å². The first-order chi connectivity index (χ1) is 7.54. The first kappa shape index (κ1) is 10.8. The Labute approximate surface area is 96.4 Å². The number of halogens is 1. The van der Waals surface area contributed by atoms with Crippen LogP contribution in [0.3, 0.4) is 0 Å². The molecule has 0 unspecified atom stereocenters. The van der Waals surface area contributed by atoms with Gasteiger partial charge in [0.05, 0.1) is 5.52 Å². The van der Waals surface area contributed by atoms with E-state index in [0.717, 1.165) is 10.2 Å². The molecule has 1 aromatic carbocycles. The van der Waals surface area contributed by atoms with Crippen molar-refractivity contribution in [2.75, 3.05) is 5.73 Å². The van der Waals surface area contributed by atoms with Crippen molar-refractivity contribution < 1.29 is 9.90 Å². The summed E-state index contributed by atoms with van der Waals surface area (Å²) in [5.41, 5.74) is 7.02. The van der Waals surface area contributed by atoms with Crippen LogP contribution in [0.1, 0.15) is 12.5 Å². The summed E-state index contributed by atoms with van der Waals surface area (Å²) in [6, 6.07) is 3.32. The van der Waals surface area contributed by atoms with Crippen molar-refractivity contribution >= 4 is 34.4 Å². The molecule has 0 spiro atoms. The average molecular weight is 240 g/mol. The van der Waals surface area contributed by atoms with Gasteiger partial charge >= 0.3 is 6.09 Å². The number of hydrogen-bond donors (Lipinski definition) is 2. The summed E-state index contributed by atoms with van der Waals surface area (Å²) in [7, 11) is 0. The molecule has 1 heterocycles. The van der Waals surface area contributed by atoms with Gasteiger partial charge in [0, 0.05) is 10.4 Å². The summed E-state index contributed by atoms with van der Waals surface area (Å²) in [4.78, 5) is 10.9. The third kappa shape index (κ3) is 1.49. The van der Waals surface area contributed by atoms with Crippen LogP contribution in [-0.2, 0) is 6.42 Å². The standard InChI is InChI=1S/C10H10ClN3O2/c1-2-5-3-6(11)4-7-8(5)9(12)13-14(7)10(15)16/h3-4H,2H2,1H3,(H2,12,13)(H,15,16). The van der Waals surface area contributed by atoms with Crippen molar-refractivity contribution in [1.29, 1.82) is 0 Å². The number of hydrogen-bond acceptors (Lipinski definition) is 3. The number of nitrogens with zero attached hydrogens (tertiary/aromatic N) is 2. The Morgan fingerprint density at radius 3 is 2.88 bits per heavy atom. The maximum absolute atomic E-state index is 10.9. The smallest absolute Gasteiger partial charge is 0.432 e. The maximum Gasteiger partial charge on any atom is 0.432 e. The van der Waals surface area contributed by atoms with Gasteiger partial charge in [-0.05, 0) is 24.1 Å². The first-order valence-corrected chi connectivity index (χ1v) is 5.12. The van der Waals surface area contributed by atoms with Gasteiger partial charge in [0.2, 0.25) is 0 Å². The minimum absolute atomic E-state index is 0.214. The van der Waals surface area contributed by atoms with E-state index in [9.17, 15) is 4.79 Å². The molecule has 0 amide bonds. The molecule has 0 fully saturated rings. The molecule has 0 atom stereocenters. The minimum atomic E-state index is -1.17. The molecule has 2 rings (SSSR count). The number of fused-ring (bicyclic) bond motifs is 1. The van der Waals surface area contributed by atoms with Crippen molar-refractivity contribution in [2.24, 2.45) is 0 Å². The summed E-state index contributed by atoms with van der Waals surface area (Å²) in [5, 5.41) is 13.9. The lowest BCUT2D eigenvalue weighted by Crippen LogP contribution is -2.09. The van der Waals surface area contributed by atoms with E-state index in [1.165, 1.54) is 0 Å². The number of benzene rings is 1. The Bertz CT molecular complexity index is 577. The molecule has 5 nitrogen and oxygen atoms in total. The van der Waals surface area contributed by atoms with Crippen molar-refractivity contribution in [3.63, 3.8) is 0 Å². The molecule has 0 radical (unpaired) electrons. The SMILES string of the molecule is CCc1cc(Cl)cc2c1c(N)nn2C(=O)O. The van der Waals surface area contributed by atoms with E-state index < -0.39 is 6.09 Å². The van der Waals surface area contributed by atoms with Crippen LogP contribution < -0.4 is 5.73 Å². The molecule has 6 heteroatoms. The van der Waals surface area contributed by atoms with E-state index in [1.54, 1.807) is 12.1 Å². The molecule has 0 saturated heterocycles. The third-order valence-corrected chi connectivity index (χ3v) is 2.64. The Morgan fingerprint density at radius 2 is 2.31 bits per heavy atom. The number of nitrogens with two attached hydrogens (primary N) is 1. The molecule has 0 aliphatic carbocycles. The topological polar surface area (TPSA) is 81.1 Å². The summed E-state index contributed by atoms with van der Waals surface area (Å²) in [6.07, 6.45) is -0.460. The highest BCUT2D eigenvalue weighted by atomic mass is 35.5. The zero-order chi connectivity index (χ0) is 11.9. The molecular formula is C10H10ClN3O2. The fourth-order valence-electron chi connectivity index (χ4n) is 1.75. The van der Waals surface area contributed by atoms with Crippen LogP contribution in [0.2, 0.25) is 5.02 Å². The molecule has 0 saturated carbocycles. The Morgan fingerprint density at radius 1 is 1.62 bits per heavy atom. The molecule has 84 valence electrons. The van der Waals surface area contributed by atoms with Crippen LogP contribution in [0, 0.1) is 0 Å². The number of carboxylic acid groups (broad SMARTS) is 1. The molecule has 1 aromatic heterocycles. The van der Waals surface area contributed by atoms with E-state index in [2.05, 4.69) is 5.10 Å². The molecule has 0 aliphatic rings. The number of nitrogen functional groups attached to an aromatic ring is 1. The van der Waals surface area contributed by atoms with E-state index in [4.69, 9.17) is 22.4 Å². The largest absolute Gasteiger partial charge is 0.463 e. The fraction of sp³-hybridized carbons (Fsp3) is 0.200. The lowest BCUT2D eigenvalue weighted by atomic mass is 10.1. The zero-order valence-corrected chi connectivity index (χ0v) is 9.32. The van der Waals surface area contributed by atoms with Crippen molar-refractivity contribution in [3.05, 3.63) is 22.7 Å². The number of aryl methyl sites for hydroxylation is 1. The van der Waals surface area contributed by atoms with Crippen molar-refractivity contribution in [1.82, 2.24) is 9.78 Å². The maximum atomic E-state index is 10.9. The predicted molar refractivity (Wildman–Crippen MR) is 62.0 cm³/mol. The van der Waals surface area contributed by atoms with E-state index >= 15 is 0 Å². The van der Waals surface area contributed by atoms with Gasteiger partial charge in [0.25, 0.3) is 0 Å². The van der Waals surface area contributed by atoms with Gasteiger partial charge in [-0.2, -0.15) is 4.68 Å². The van der Waals surface area contributed by atoms with Gasteiger partial charge in [-0.3, -0.25) is 0 Å². The van der Waals surface area contributed by atoms with Crippen LogP contribution in [-0.4, -0.2) is 21.0 Å². The second-order valence-corrected chi connectivity index (χ2v) is 3.83. The predicted octanol–water partition coefficient (Wildman–Crippen LogP) is 2.36. The van der Waals surface area contributed by atoms with Crippen LogP contribution >= 0.6 is 11.6 Å². The summed E-state index contributed by atoms with van der Waals surface area (Å²) in [5.74, 6) is 0.214. The zero-order valence-electron chi connectivity index (χ0n) is 8.57. The Kier molecular flexibility index (Phi) is 2.47. The minimum Gasteiger partial charge on any atom is -0.463 e. The summed E-state index contributed by atoms with van der Waals surface area (Å²) >= 11 is 5.91. The van der Waals surface area contributed by atoms with E-state index in [-0.39, 0.29) is 5.82 Å². The van der Waals surface area contributed by atoms with Gasteiger partial charge in [0.1, 0.15) is 0 Å².